The van der Waals surface area contributed by atoms with E-state index in [0.717, 1.165) is 6.42 Å². The zero-order chi connectivity index (χ0) is 24.0. The van der Waals surface area contributed by atoms with Crippen LogP contribution in [-0.4, -0.2) is 43.7 Å². The van der Waals surface area contributed by atoms with E-state index in [-0.39, 0.29) is 42.6 Å². The molecule has 33 heavy (non-hydrogen) atoms. The highest BCUT2D eigenvalue weighted by atomic mass is 32.2. The van der Waals surface area contributed by atoms with Crippen molar-refractivity contribution in [3.63, 3.8) is 0 Å². The van der Waals surface area contributed by atoms with Gasteiger partial charge in [0.2, 0.25) is 15.9 Å². The summed E-state index contributed by atoms with van der Waals surface area (Å²) in [6.07, 6.45) is 1.56. The molecule has 2 amide bonds. The van der Waals surface area contributed by atoms with Crippen molar-refractivity contribution in [2.45, 2.75) is 44.9 Å². The van der Waals surface area contributed by atoms with Crippen LogP contribution in [0.1, 0.15) is 49.0 Å². The molecule has 1 aliphatic rings. The zero-order valence-electron chi connectivity index (χ0n) is 18.9. The molecule has 0 spiro atoms. The minimum Gasteiger partial charge on any atom is -0.350 e. The highest BCUT2D eigenvalue weighted by Gasteiger charge is 2.31. The van der Waals surface area contributed by atoms with E-state index in [9.17, 15) is 22.4 Å². The Kier molecular flexibility index (Phi) is 8.20. The first kappa shape index (κ1) is 24.9. The van der Waals surface area contributed by atoms with Gasteiger partial charge in [-0.05, 0) is 56.0 Å². The maximum atomic E-state index is 13.1. The molecule has 1 fully saturated rings. The van der Waals surface area contributed by atoms with Crippen LogP contribution in [0.2, 0.25) is 0 Å². The van der Waals surface area contributed by atoms with Gasteiger partial charge in [0.25, 0.3) is 5.91 Å². The summed E-state index contributed by atoms with van der Waals surface area (Å²) < 4.78 is 39.9. The van der Waals surface area contributed by atoms with E-state index in [1.165, 1.54) is 28.6 Å². The minimum atomic E-state index is -3.56. The van der Waals surface area contributed by atoms with Gasteiger partial charge >= 0.3 is 0 Å². The van der Waals surface area contributed by atoms with Gasteiger partial charge in [-0.1, -0.05) is 31.2 Å². The fraction of sp³-hybridized carbons (Fsp3) is 0.417. The molecule has 0 bridgehead atoms. The first-order chi connectivity index (χ1) is 15.7. The number of halogens is 1. The predicted octanol–water partition coefficient (Wildman–Crippen LogP) is 3.53. The van der Waals surface area contributed by atoms with Crippen LogP contribution in [0.15, 0.2) is 48.5 Å². The number of nitrogens with zero attached hydrogens (tertiary/aromatic N) is 1. The maximum absolute atomic E-state index is 13.1. The average molecular weight is 476 g/mol. The summed E-state index contributed by atoms with van der Waals surface area (Å²) in [5.41, 5.74) is 1.35. The molecule has 1 aliphatic heterocycles. The van der Waals surface area contributed by atoms with Crippen LogP contribution in [0.4, 0.5) is 10.1 Å². The van der Waals surface area contributed by atoms with E-state index >= 15 is 0 Å². The van der Waals surface area contributed by atoms with E-state index < -0.39 is 15.8 Å². The third-order valence-corrected chi connectivity index (χ3v) is 7.75. The lowest BCUT2D eigenvalue weighted by Crippen LogP contribution is -2.42. The number of benzene rings is 2. The normalized spacial score (nSPS) is 16.2. The molecule has 1 saturated heterocycles. The molecule has 2 aromatic rings. The van der Waals surface area contributed by atoms with Gasteiger partial charge in [-0.25, -0.2) is 17.1 Å². The topological polar surface area (TPSA) is 95.6 Å². The van der Waals surface area contributed by atoms with E-state index in [2.05, 4.69) is 10.6 Å². The monoisotopic (exact) mass is 475 g/mol. The molecule has 0 saturated carbocycles. The second-order valence-electron chi connectivity index (χ2n) is 8.37. The number of nitrogens with one attached hydrogen (secondary N) is 2. The van der Waals surface area contributed by atoms with Crippen molar-refractivity contribution in [1.82, 2.24) is 9.62 Å². The highest BCUT2D eigenvalue weighted by Crippen LogP contribution is 2.24. The Hall–Kier alpha value is -2.78. The van der Waals surface area contributed by atoms with Gasteiger partial charge in [-0.15, -0.1) is 0 Å². The number of carbonyl (C=O) groups excluding carboxylic acids is 2. The number of hydrogen-bond acceptors (Lipinski definition) is 4. The molecule has 9 heteroatoms. The fourth-order valence-electron chi connectivity index (χ4n) is 3.71. The molecule has 3 rings (SSSR count). The zero-order valence-corrected chi connectivity index (χ0v) is 19.7. The van der Waals surface area contributed by atoms with Crippen LogP contribution >= 0.6 is 0 Å². The third kappa shape index (κ3) is 6.61. The number of hydrogen-bond donors (Lipinski definition) is 2. The number of rotatable bonds is 8. The number of anilines is 1. The Morgan fingerprint density at radius 1 is 1.09 bits per heavy atom. The van der Waals surface area contributed by atoms with Crippen LogP contribution in [0.25, 0.3) is 0 Å². The van der Waals surface area contributed by atoms with Gasteiger partial charge in [0.1, 0.15) is 5.82 Å². The third-order valence-electron chi connectivity index (χ3n) is 5.90. The molecule has 0 aromatic heterocycles. The van der Waals surface area contributed by atoms with Crippen molar-refractivity contribution in [2.24, 2.45) is 5.92 Å². The van der Waals surface area contributed by atoms with Crippen molar-refractivity contribution in [3.05, 3.63) is 65.5 Å². The van der Waals surface area contributed by atoms with Gasteiger partial charge in [-0.3, -0.25) is 9.59 Å². The summed E-state index contributed by atoms with van der Waals surface area (Å²) in [6.45, 7) is 4.36. The lowest BCUT2D eigenvalue weighted by Gasteiger charge is -2.30. The fourth-order valence-corrected chi connectivity index (χ4v) is 5.27. The minimum absolute atomic E-state index is 0.0162. The van der Waals surface area contributed by atoms with Gasteiger partial charge < -0.3 is 10.6 Å². The number of piperidine rings is 1. The van der Waals surface area contributed by atoms with Crippen molar-refractivity contribution in [2.75, 3.05) is 18.4 Å². The smallest absolute Gasteiger partial charge is 0.253 e. The second-order valence-corrected chi connectivity index (χ2v) is 10.3. The van der Waals surface area contributed by atoms with Gasteiger partial charge in [0.05, 0.1) is 17.0 Å². The summed E-state index contributed by atoms with van der Waals surface area (Å²) >= 11 is 0. The lowest BCUT2D eigenvalue weighted by molar-refractivity contribution is -0.120. The Bertz CT molecular complexity index is 1080. The van der Waals surface area contributed by atoms with E-state index in [1.54, 1.807) is 24.3 Å². The Morgan fingerprint density at radius 2 is 1.73 bits per heavy atom. The highest BCUT2D eigenvalue weighted by molar-refractivity contribution is 7.88. The van der Waals surface area contributed by atoms with Gasteiger partial charge in [-0.2, -0.15) is 0 Å². The molecule has 7 nitrogen and oxygen atoms in total. The first-order valence-electron chi connectivity index (χ1n) is 11.1. The molecule has 2 N–H and O–H groups in total. The molecule has 178 valence electrons. The van der Waals surface area contributed by atoms with E-state index in [0.29, 0.717) is 29.7 Å². The molecule has 1 atom stereocenters. The molecule has 1 heterocycles. The predicted molar refractivity (Wildman–Crippen MR) is 126 cm³/mol. The number of para-hydroxylation sites is 1. The van der Waals surface area contributed by atoms with Crippen LogP contribution in [-0.2, 0) is 20.6 Å². The Labute approximate surface area is 194 Å². The summed E-state index contributed by atoms with van der Waals surface area (Å²) in [5, 5.41) is 5.75. The molecular formula is C24H30FN3O4S. The molecule has 2 aromatic carbocycles. The SMILES string of the molecule is CCC(C)NC(=O)c1ccccc1NC(=O)C1CCN(S(=O)(=O)Cc2ccc(F)cc2)CC1. The molecule has 0 radical (unpaired) electrons. The number of carbonyl (C=O) groups is 2. The van der Waals surface area contributed by atoms with Crippen LogP contribution in [0.5, 0.6) is 0 Å². The van der Waals surface area contributed by atoms with Crippen molar-refractivity contribution < 1.29 is 22.4 Å². The number of sulfonamides is 1. The van der Waals surface area contributed by atoms with Crippen LogP contribution in [0, 0.1) is 11.7 Å². The largest absolute Gasteiger partial charge is 0.350 e. The Balaban J connectivity index is 1.59. The van der Waals surface area contributed by atoms with Gasteiger partial charge in [0.15, 0.2) is 0 Å². The van der Waals surface area contributed by atoms with Crippen LogP contribution < -0.4 is 10.6 Å². The van der Waals surface area contributed by atoms with Gasteiger partial charge in [0, 0.05) is 25.0 Å². The van der Waals surface area contributed by atoms with E-state index in [4.69, 9.17) is 0 Å². The van der Waals surface area contributed by atoms with Crippen LogP contribution in [0.3, 0.4) is 0 Å². The molecule has 0 aliphatic carbocycles. The average Bonchev–Trinajstić information content (AvgIpc) is 2.80. The summed E-state index contributed by atoms with van der Waals surface area (Å²) in [6, 6.07) is 12.3. The van der Waals surface area contributed by atoms with Crippen molar-refractivity contribution in [1.29, 1.82) is 0 Å². The number of amides is 2. The summed E-state index contributed by atoms with van der Waals surface area (Å²) in [4.78, 5) is 25.4. The van der Waals surface area contributed by atoms with Crippen molar-refractivity contribution >= 4 is 27.5 Å². The lowest BCUT2D eigenvalue weighted by atomic mass is 9.97. The maximum Gasteiger partial charge on any atom is 0.253 e. The second kappa shape index (κ2) is 10.9. The van der Waals surface area contributed by atoms with E-state index in [1.807, 2.05) is 13.8 Å². The molecule has 1 unspecified atom stereocenters. The first-order valence-corrected chi connectivity index (χ1v) is 12.7. The standard InChI is InChI=1S/C24H30FN3O4S/c1-3-17(2)26-24(30)21-6-4-5-7-22(21)27-23(29)19-12-14-28(15-13-19)33(31,32)16-18-8-10-20(25)11-9-18/h4-11,17,19H,3,12-16H2,1-2H3,(H,26,30)(H,27,29). The summed E-state index contributed by atoms with van der Waals surface area (Å²) in [7, 11) is -3.56. The van der Waals surface area contributed by atoms with Crippen molar-refractivity contribution in [3.8, 4) is 0 Å². The molecular weight excluding hydrogens is 445 g/mol. The Morgan fingerprint density at radius 3 is 2.36 bits per heavy atom. The quantitative estimate of drug-likeness (QED) is 0.611. The summed E-state index contributed by atoms with van der Waals surface area (Å²) in [5.74, 6) is -1.45.